The molecule has 2 nitrogen and oxygen atoms in total. The van der Waals surface area contributed by atoms with E-state index in [-0.39, 0.29) is 0 Å². The minimum absolute atomic E-state index is 0.501. The second kappa shape index (κ2) is 7.35. The van der Waals surface area contributed by atoms with Gasteiger partial charge in [-0.25, -0.2) is 0 Å². The monoisotopic (exact) mass is 378 g/mol. The van der Waals surface area contributed by atoms with E-state index in [1.165, 1.54) is 6.42 Å². The van der Waals surface area contributed by atoms with E-state index in [1.54, 1.807) is 0 Å². The van der Waals surface area contributed by atoms with Crippen LogP contribution in [0.5, 0.6) is 0 Å². The van der Waals surface area contributed by atoms with Crippen molar-refractivity contribution in [2.24, 2.45) is 5.92 Å². The van der Waals surface area contributed by atoms with Gasteiger partial charge in [-0.15, -0.1) is 0 Å². The van der Waals surface area contributed by atoms with Gasteiger partial charge in [-0.2, -0.15) is 0 Å². The molecule has 0 radical (unpaired) electrons. The van der Waals surface area contributed by atoms with Crippen molar-refractivity contribution >= 4 is 44.8 Å². The van der Waals surface area contributed by atoms with Crippen molar-refractivity contribution < 1.29 is 0 Å². The lowest BCUT2D eigenvalue weighted by Crippen LogP contribution is -2.42. The lowest BCUT2D eigenvalue weighted by molar-refractivity contribution is 0.384. The fourth-order valence-electron chi connectivity index (χ4n) is 2.60. The molecule has 5 heteroatoms. The molecular formula is C15H21BrCl2N2. The van der Waals surface area contributed by atoms with Crippen LogP contribution < -0.4 is 10.2 Å². The van der Waals surface area contributed by atoms with Gasteiger partial charge in [-0.3, -0.25) is 0 Å². The quantitative estimate of drug-likeness (QED) is 0.745. The largest absolute Gasteiger partial charge is 0.369 e. The Bertz CT molecular complexity index is 467. The van der Waals surface area contributed by atoms with E-state index < -0.39 is 0 Å². The summed E-state index contributed by atoms with van der Waals surface area (Å²) in [5.74, 6) is 0.653. The normalized spacial score (nSPS) is 21.6. The molecule has 1 N–H and O–H groups in total. The summed E-state index contributed by atoms with van der Waals surface area (Å²) >= 11 is 16.1. The third-order valence-corrected chi connectivity index (χ3v) is 5.88. The molecule has 2 atom stereocenters. The summed E-state index contributed by atoms with van der Waals surface area (Å²) in [4.78, 5) is 2.36. The molecule has 0 bridgehead atoms. The van der Waals surface area contributed by atoms with Crippen molar-refractivity contribution in [2.75, 3.05) is 24.5 Å². The zero-order valence-corrected chi connectivity index (χ0v) is 15.0. The van der Waals surface area contributed by atoms with E-state index in [1.807, 2.05) is 6.07 Å². The number of benzene rings is 1. The summed E-state index contributed by atoms with van der Waals surface area (Å²) < 4.78 is 0.847. The molecule has 2 rings (SSSR count). The summed E-state index contributed by atoms with van der Waals surface area (Å²) in [6.45, 7) is 7.60. The van der Waals surface area contributed by atoms with Crippen LogP contribution in [0.2, 0.25) is 10.0 Å². The number of hydrogen-bond donors (Lipinski definition) is 1. The first-order chi connectivity index (χ1) is 9.54. The Labute approximate surface area is 139 Å². The first kappa shape index (κ1) is 16.4. The van der Waals surface area contributed by atoms with Crippen LogP contribution in [0.4, 0.5) is 5.69 Å². The Balaban J connectivity index is 2.24. The maximum Gasteiger partial charge on any atom is 0.0837 e. The molecule has 0 spiro atoms. The molecule has 1 fully saturated rings. The molecule has 0 aliphatic carbocycles. The highest BCUT2D eigenvalue weighted by Crippen LogP contribution is 2.38. The summed E-state index contributed by atoms with van der Waals surface area (Å²) in [6.07, 6.45) is 2.30. The molecule has 1 heterocycles. The lowest BCUT2D eigenvalue weighted by atomic mass is 9.99. The van der Waals surface area contributed by atoms with Gasteiger partial charge in [0.05, 0.1) is 15.7 Å². The molecule has 2 unspecified atom stereocenters. The van der Waals surface area contributed by atoms with E-state index >= 15 is 0 Å². The van der Waals surface area contributed by atoms with Crippen molar-refractivity contribution in [1.82, 2.24) is 5.32 Å². The molecule has 1 aliphatic rings. The molecule has 0 amide bonds. The summed E-state index contributed by atoms with van der Waals surface area (Å²) in [7, 11) is 0. The number of anilines is 1. The average Bonchev–Trinajstić information content (AvgIpc) is 2.70. The highest BCUT2D eigenvalue weighted by molar-refractivity contribution is 9.10. The Morgan fingerprint density at radius 2 is 2.15 bits per heavy atom. The van der Waals surface area contributed by atoms with Gasteiger partial charge in [0.2, 0.25) is 0 Å². The van der Waals surface area contributed by atoms with Crippen molar-refractivity contribution in [2.45, 2.75) is 32.7 Å². The summed E-state index contributed by atoms with van der Waals surface area (Å²) in [5.41, 5.74) is 1.04. The Hall–Kier alpha value is 0.0400. The van der Waals surface area contributed by atoms with Crippen molar-refractivity contribution in [3.8, 4) is 0 Å². The van der Waals surface area contributed by atoms with Gasteiger partial charge in [0.15, 0.2) is 0 Å². The minimum atomic E-state index is 0.501. The van der Waals surface area contributed by atoms with Crippen LogP contribution in [0.1, 0.15) is 26.7 Å². The van der Waals surface area contributed by atoms with Crippen molar-refractivity contribution in [1.29, 1.82) is 0 Å². The Morgan fingerprint density at radius 3 is 2.85 bits per heavy atom. The van der Waals surface area contributed by atoms with E-state index in [4.69, 9.17) is 23.2 Å². The number of nitrogens with zero attached hydrogens (tertiary/aromatic N) is 1. The summed E-state index contributed by atoms with van der Waals surface area (Å²) in [5, 5.41) is 4.89. The van der Waals surface area contributed by atoms with Crippen LogP contribution in [-0.4, -0.2) is 25.7 Å². The number of hydrogen-bond acceptors (Lipinski definition) is 2. The molecule has 1 aliphatic heterocycles. The van der Waals surface area contributed by atoms with E-state index in [2.05, 4.69) is 46.1 Å². The lowest BCUT2D eigenvalue weighted by Gasteiger charge is -2.30. The highest BCUT2D eigenvalue weighted by atomic mass is 79.9. The van der Waals surface area contributed by atoms with Gasteiger partial charge in [0, 0.05) is 23.6 Å². The zero-order chi connectivity index (χ0) is 14.7. The maximum atomic E-state index is 6.42. The SMILES string of the molecule is CCC(C)C1CN(c2ccc(Br)c(Cl)c2Cl)CCCN1. The molecular weight excluding hydrogens is 359 g/mol. The second-order valence-electron chi connectivity index (χ2n) is 5.44. The van der Waals surface area contributed by atoms with E-state index in [0.717, 1.165) is 36.2 Å². The van der Waals surface area contributed by atoms with E-state index in [0.29, 0.717) is 22.0 Å². The first-order valence-corrected chi connectivity index (χ1v) is 8.71. The Morgan fingerprint density at radius 1 is 1.40 bits per heavy atom. The van der Waals surface area contributed by atoms with Gasteiger partial charge in [0.25, 0.3) is 0 Å². The maximum absolute atomic E-state index is 6.42. The smallest absolute Gasteiger partial charge is 0.0837 e. The fraction of sp³-hybridized carbons (Fsp3) is 0.600. The molecule has 1 aromatic rings. The Kier molecular flexibility index (Phi) is 6.03. The first-order valence-electron chi connectivity index (χ1n) is 7.16. The van der Waals surface area contributed by atoms with Gasteiger partial charge in [-0.1, -0.05) is 43.5 Å². The number of nitrogens with one attached hydrogen (secondary N) is 1. The van der Waals surface area contributed by atoms with Crippen molar-refractivity contribution in [3.05, 3.63) is 26.7 Å². The van der Waals surface area contributed by atoms with Gasteiger partial charge >= 0.3 is 0 Å². The topological polar surface area (TPSA) is 15.3 Å². The molecule has 0 aromatic heterocycles. The van der Waals surface area contributed by atoms with Crippen molar-refractivity contribution in [3.63, 3.8) is 0 Å². The molecule has 1 saturated heterocycles. The highest BCUT2D eigenvalue weighted by Gasteiger charge is 2.23. The third-order valence-electron chi connectivity index (χ3n) is 4.11. The van der Waals surface area contributed by atoms with Crippen LogP contribution in [0.25, 0.3) is 0 Å². The number of rotatable bonds is 3. The second-order valence-corrected chi connectivity index (χ2v) is 7.05. The van der Waals surface area contributed by atoms with Crippen LogP contribution in [0.15, 0.2) is 16.6 Å². The number of halogens is 3. The zero-order valence-electron chi connectivity index (χ0n) is 11.9. The molecule has 0 saturated carbocycles. The van der Waals surface area contributed by atoms with Crippen LogP contribution in [0.3, 0.4) is 0 Å². The predicted octanol–water partition coefficient (Wildman–Crippen LogP) is 4.97. The summed E-state index contributed by atoms with van der Waals surface area (Å²) in [6, 6.07) is 4.53. The minimum Gasteiger partial charge on any atom is -0.369 e. The fourth-order valence-corrected chi connectivity index (χ4v) is 3.48. The standard InChI is InChI=1S/C15H21BrCl2N2/c1-3-10(2)12-9-20(8-4-7-19-12)13-6-5-11(16)14(17)15(13)18/h5-6,10,12,19H,3-4,7-9H2,1-2H3. The van der Waals surface area contributed by atoms with Gasteiger partial charge < -0.3 is 10.2 Å². The van der Waals surface area contributed by atoms with Crippen LogP contribution in [-0.2, 0) is 0 Å². The van der Waals surface area contributed by atoms with E-state index in [9.17, 15) is 0 Å². The molecule has 20 heavy (non-hydrogen) atoms. The average molecular weight is 380 g/mol. The third kappa shape index (κ3) is 3.62. The van der Waals surface area contributed by atoms with Gasteiger partial charge in [-0.05, 0) is 46.9 Å². The molecule has 112 valence electrons. The van der Waals surface area contributed by atoms with Crippen LogP contribution in [0, 0.1) is 5.92 Å². The predicted molar refractivity (Wildman–Crippen MR) is 92.2 cm³/mol. The van der Waals surface area contributed by atoms with Gasteiger partial charge in [0.1, 0.15) is 0 Å². The molecule has 1 aromatic carbocycles. The van der Waals surface area contributed by atoms with Crippen LogP contribution >= 0.6 is 39.1 Å².